The molecule has 0 spiro atoms. The lowest BCUT2D eigenvalue weighted by atomic mass is 10.2. The zero-order valence-corrected chi connectivity index (χ0v) is 8.11. The molecule has 3 nitrogen and oxygen atoms in total. The molecule has 0 saturated heterocycles. The SMILES string of the molecule is CN(C)c1ccc2cc(C#N)oc2c1. The van der Waals surface area contributed by atoms with E-state index in [-0.39, 0.29) is 0 Å². The maximum absolute atomic E-state index is 8.66. The van der Waals surface area contributed by atoms with Crippen molar-refractivity contribution < 1.29 is 4.42 Å². The van der Waals surface area contributed by atoms with Crippen molar-refractivity contribution in [1.82, 2.24) is 0 Å². The summed E-state index contributed by atoms with van der Waals surface area (Å²) >= 11 is 0. The highest BCUT2D eigenvalue weighted by molar-refractivity contribution is 5.82. The van der Waals surface area contributed by atoms with Gasteiger partial charge in [-0.25, -0.2) is 0 Å². The van der Waals surface area contributed by atoms with E-state index >= 15 is 0 Å². The Morgan fingerprint density at radius 1 is 1.29 bits per heavy atom. The molecule has 0 saturated carbocycles. The lowest BCUT2D eigenvalue weighted by molar-refractivity contribution is 0.599. The molecular weight excluding hydrogens is 176 g/mol. The minimum Gasteiger partial charge on any atom is -0.446 e. The summed E-state index contributed by atoms with van der Waals surface area (Å²) in [6.07, 6.45) is 0. The fourth-order valence-corrected chi connectivity index (χ4v) is 1.35. The van der Waals surface area contributed by atoms with E-state index in [2.05, 4.69) is 0 Å². The molecule has 0 fully saturated rings. The summed E-state index contributed by atoms with van der Waals surface area (Å²) < 4.78 is 5.32. The van der Waals surface area contributed by atoms with E-state index in [4.69, 9.17) is 9.68 Å². The van der Waals surface area contributed by atoms with Crippen molar-refractivity contribution in [2.75, 3.05) is 19.0 Å². The summed E-state index contributed by atoms with van der Waals surface area (Å²) in [5.74, 6) is 0.357. The normalized spacial score (nSPS) is 10.1. The van der Waals surface area contributed by atoms with Gasteiger partial charge in [0.25, 0.3) is 0 Å². The van der Waals surface area contributed by atoms with E-state index in [9.17, 15) is 0 Å². The van der Waals surface area contributed by atoms with Gasteiger partial charge in [0.1, 0.15) is 11.7 Å². The molecule has 3 heteroatoms. The third-order valence-corrected chi connectivity index (χ3v) is 2.13. The van der Waals surface area contributed by atoms with Crippen LogP contribution in [0.1, 0.15) is 5.76 Å². The minimum absolute atomic E-state index is 0.357. The van der Waals surface area contributed by atoms with Gasteiger partial charge in [0, 0.05) is 37.3 Å². The quantitative estimate of drug-likeness (QED) is 0.686. The van der Waals surface area contributed by atoms with Gasteiger partial charge in [0.05, 0.1) is 0 Å². The van der Waals surface area contributed by atoms with Gasteiger partial charge in [-0.2, -0.15) is 5.26 Å². The van der Waals surface area contributed by atoms with Gasteiger partial charge in [-0.15, -0.1) is 0 Å². The van der Waals surface area contributed by atoms with Gasteiger partial charge in [-0.3, -0.25) is 0 Å². The van der Waals surface area contributed by atoms with Gasteiger partial charge in [0.15, 0.2) is 0 Å². The molecule has 0 aliphatic rings. The van der Waals surface area contributed by atoms with Crippen molar-refractivity contribution in [3.8, 4) is 6.07 Å². The number of fused-ring (bicyclic) bond motifs is 1. The van der Waals surface area contributed by atoms with Gasteiger partial charge in [-0.05, 0) is 12.1 Å². The van der Waals surface area contributed by atoms with Crippen LogP contribution in [0.5, 0.6) is 0 Å². The van der Waals surface area contributed by atoms with Crippen molar-refractivity contribution in [3.05, 3.63) is 30.0 Å². The summed E-state index contributed by atoms with van der Waals surface area (Å²) in [4.78, 5) is 1.99. The van der Waals surface area contributed by atoms with Crippen molar-refractivity contribution in [1.29, 1.82) is 5.26 Å². The third-order valence-electron chi connectivity index (χ3n) is 2.13. The van der Waals surface area contributed by atoms with Crippen molar-refractivity contribution >= 4 is 16.7 Å². The lowest BCUT2D eigenvalue weighted by Gasteiger charge is -2.11. The van der Waals surface area contributed by atoms with Crippen LogP contribution < -0.4 is 4.90 Å². The molecule has 2 rings (SSSR count). The number of nitriles is 1. The van der Waals surface area contributed by atoms with Gasteiger partial charge < -0.3 is 9.32 Å². The van der Waals surface area contributed by atoms with E-state index in [1.54, 1.807) is 6.07 Å². The number of nitrogens with zero attached hydrogens (tertiary/aromatic N) is 2. The van der Waals surface area contributed by atoms with Crippen molar-refractivity contribution in [3.63, 3.8) is 0 Å². The molecule has 0 atom stereocenters. The fourth-order valence-electron chi connectivity index (χ4n) is 1.35. The third kappa shape index (κ3) is 1.31. The number of hydrogen-bond donors (Lipinski definition) is 0. The summed E-state index contributed by atoms with van der Waals surface area (Å²) in [5, 5.41) is 9.63. The van der Waals surface area contributed by atoms with Crippen LogP contribution >= 0.6 is 0 Å². The summed E-state index contributed by atoms with van der Waals surface area (Å²) in [7, 11) is 3.94. The topological polar surface area (TPSA) is 40.2 Å². The predicted molar refractivity (Wildman–Crippen MR) is 55.3 cm³/mol. The number of furan rings is 1. The number of anilines is 1. The first-order valence-corrected chi connectivity index (χ1v) is 4.32. The van der Waals surface area contributed by atoms with Crippen LogP contribution in [0.4, 0.5) is 5.69 Å². The highest BCUT2D eigenvalue weighted by atomic mass is 16.3. The second kappa shape index (κ2) is 3.08. The van der Waals surface area contributed by atoms with Crippen LogP contribution in [0.15, 0.2) is 28.7 Å². The van der Waals surface area contributed by atoms with Crippen LogP contribution in [-0.2, 0) is 0 Å². The predicted octanol–water partition coefficient (Wildman–Crippen LogP) is 2.37. The van der Waals surface area contributed by atoms with Crippen molar-refractivity contribution in [2.24, 2.45) is 0 Å². The highest BCUT2D eigenvalue weighted by Gasteiger charge is 2.04. The largest absolute Gasteiger partial charge is 0.446 e. The summed E-state index contributed by atoms with van der Waals surface area (Å²) in [6.45, 7) is 0. The Labute approximate surface area is 82.2 Å². The fraction of sp³-hybridized carbons (Fsp3) is 0.182. The first kappa shape index (κ1) is 8.64. The van der Waals surface area contributed by atoms with Crippen LogP contribution in [-0.4, -0.2) is 14.1 Å². The van der Waals surface area contributed by atoms with E-state index in [1.807, 2.05) is 43.3 Å². The average molecular weight is 186 g/mol. The van der Waals surface area contributed by atoms with Crippen LogP contribution in [0.25, 0.3) is 11.0 Å². The summed E-state index contributed by atoms with van der Waals surface area (Å²) in [6, 6.07) is 9.61. The van der Waals surface area contributed by atoms with Gasteiger partial charge in [-0.1, -0.05) is 0 Å². The van der Waals surface area contributed by atoms with E-state index in [1.165, 1.54) is 0 Å². The maximum atomic E-state index is 8.66. The Morgan fingerprint density at radius 3 is 2.71 bits per heavy atom. The molecule has 1 heterocycles. The standard InChI is InChI=1S/C11H10N2O/c1-13(2)9-4-3-8-5-10(7-12)14-11(8)6-9/h3-6H,1-2H3. The second-order valence-corrected chi connectivity index (χ2v) is 3.34. The Bertz CT molecular complexity index is 505. The molecule has 0 radical (unpaired) electrons. The molecule has 14 heavy (non-hydrogen) atoms. The van der Waals surface area contributed by atoms with E-state index in [0.29, 0.717) is 5.76 Å². The minimum atomic E-state index is 0.357. The molecule has 0 aliphatic heterocycles. The molecule has 1 aromatic carbocycles. The highest BCUT2D eigenvalue weighted by Crippen LogP contribution is 2.23. The molecular formula is C11H10N2O. The zero-order chi connectivity index (χ0) is 10.1. The molecule has 1 aromatic heterocycles. The molecule has 0 amide bonds. The number of benzene rings is 1. The monoisotopic (exact) mass is 186 g/mol. The van der Waals surface area contributed by atoms with Crippen molar-refractivity contribution in [2.45, 2.75) is 0 Å². The Morgan fingerprint density at radius 2 is 2.07 bits per heavy atom. The van der Waals surface area contributed by atoms with Crippen LogP contribution in [0.3, 0.4) is 0 Å². The molecule has 0 bridgehead atoms. The molecule has 70 valence electrons. The van der Waals surface area contributed by atoms with Crippen LogP contribution in [0.2, 0.25) is 0 Å². The molecule has 0 N–H and O–H groups in total. The maximum Gasteiger partial charge on any atom is 0.204 e. The van der Waals surface area contributed by atoms with Crippen LogP contribution in [0, 0.1) is 11.3 Å². The molecule has 2 aromatic rings. The Balaban J connectivity index is 2.61. The Kier molecular flexibility index (Phi) is 1.90. The first-order valence-electron chi connectivity index (χ1n) is 4.32. The zero-order valence-electron chi connectivity index (χ0n) is 8.11. The summed E-state index contributed by atoms with van der Waals surface area (Å²) in [5.41, 5.74) is 1.82. The lowest BCUT2D eigenvalue weighted by Crippen LogP contribution is -2.07. The first-order chi connectivity index (χ1) is 6.70. The number of hydrogen-bond acceptors (Lipinski definition) is 3. The number of rotatable bonds is 1. The van der Waals surface area contributed by atoms with Gasteiger partial charge in [0.2, 0.25) is 5.76 Å². The Hall–Kier alpha value is -1.95. The van der Waals surface area contributed by atoms with Gasteiger partial charge >= 0.3 is 0 Å². The van der Waals surface area contributed by atoms with E-state index < -0.39 is 0 Å². The van der Waals surface area contributed by atoms with E-state index in [0.717, 1.165) is 16.7 Å². The smallest absolute Gasteiger partial charge is 0.204 e. The molecule has 0 unspecified atom stereocenters. The average Bonchev–Trinajstić information content (AvgIpc) is 2.58. The second-order valence-electron chi connectivity index (χ2n) is 3.34. The molecule has 0 aliphatic carbocycles.